The molecule has 0 radical (unpaired) electrons. The number of aromatic nitrogens is 1. The SMILES string of the molecule is Cc1ccc(OCC(=O)NCCC(CNC(=O)c2cscn2)OI)cc1F. The number of ether oxygens (including phenoxy) is 1. The normalized spacial score (nSPS) is 11.7. The van der Waals surface area contributed by atoms with Gasteiger partial charge in [0.2, 0.25) is 0 Å². The first kappa shape index (κ1) is 21.5. The van der Waals surface area contributed by atoms with Crippen LogP contribution in [0.3, 0.4) is 0 Å². The predicted octanol–water partition coefficient (Wildman–Crippen LogP) is 2.64. The van der Waals surface area contributed by atoms with Crippen LogP contribution in [0.5, 0.6) is 5.75 Å². The van der Waals surface area contributed by atoms with E-state index in [0.717, 1.165) is 0 Å². The molecular weight excluding hydrogens is 488 g/mol. The Labute approximate surface area is 174 Å². The molecule has 0 bridgehead atoms. The second kappa shape index (κ2) is 11.1. The Morgan fingerprint density at radius 1 is 1.37 bits per heavy atom. The van der Waals surface area contributed by atoms with Crippen LogP contribution in [-0.2, 0) is 7.86 Å². The highest BCUT2D eigenvalue weighted by Gasteiger charge is 2.13. The minimum atomic E-state index is -0.380. The Morgan fingerprint density at radius 2 is 2.19 bits per heavy atom. The van der Waals surface area contributed by atoms with Crippen LogP contribution < -0.4 is 15.4 Å². The van der Waals surface area contributed by atoms with E-state index in [0.29, 0.717) is 36.5 Å². The van der Waals surface area contributed by atoms with Gasteiger partial charge in [0.1, 0.15) is 40.3 Å². The lowest BCUT2D eigenvalue weighted by Gasteiger charge is -2.15. The molecule has 0 saturated heterocycles. The summed E-state index contributed by atoms with van der Waals surface area (Å²) in [4.78, 5) is 27.6. The standard InChI is InChI=1S/C17H19FIN3O4S/c1-11-2-3-12(6-14(11)18)25-8-16(23)20-5-4-13(26-19)7-21-17(24)15-9-27-10-22-15/h2-3,6,9-10,13H,4-5,7-8H2,1H3,(H,20,23)(H,21,24). The van der Waals surface area contributed by atoms with Crippen LogP contribution in [0.15, 0.2) is 29.1 Å². The fourth-order valence-electron chi connectivity index (χ4n) is 2.04. The molecule has 2 amide bonds. The molecule has 1 aromatic heterocycles. The highest BCUT2D eigenvalue weighted by molar-refractivity contribution is 14.1. The molecule has 1 heterocycles. The summed E-state index contributed by atoms with van der Waals surface area (Å²) in [5, 5.41) is 7.09. The van der Waals surface area contributed by atoms with Gasteiger partial charge in [-0.15, -0.1) is 11.3 Å². The van der Waals surface area contributed by atoms with Gasteiger partial charge in [0, 0.05) is 24.5 Å². The van der Waals surface area contributed by atoms with E-state index in [1.165, 1.54) is 17.4 Å². The fourth-order valence-corrected chi connectivity index (χ4v) is 3.00. The van der Waals surface area contributed by atoms with Gasteiger partial charge in [-0.2, -0.15) is 0 Å². The molecule has 146 valence electrons. The van der Waals surface area contributed by atoms with Crippen LogP contribution in [0.1, 0.15) is 22.5 Å². The summed E-state index contributed by atoms with van der Waals surface area (Å²) in [7, 11) is 0. The lowest BCUT2D eigenvalue weighted by molar-refractivity contribution is -0.123. The molecule has 10 heteroatoms. The van der Waals surface area contributed by atoms with E-state index in [-0.39, 0.29) is 30.3 Å². The molecule has 1 atom stereocenters. The number of benzene rings is 1. The van der Waals surface area contributed by atoms with Gasteiger partial charge in [-0.1, -0.05) is 6.07 Å². The van der Waals surface area contributed by atoms with Gasteiger partial charge in [0.05, 0.1) is 11.6 Å². The summed E-state index contributed by atoms with van der Waals surface area (Å²) in [6.07, 6.45) is 0.242. The van der Waals surface area contributed by atoms with Gasteiger partial charge in [-0.25, -0.2) is 9.37 Å². The van der Waals surface area contributed by atoms with E-state index in [4.69, 9.17) is 7.80 Å². The van der Waals surface area contributed by atoms with E-state index in [1.807, 2.05) is 0 Å². The van der Waals surface area contributed by atoms with Gasteiger partial charge in [0.15, 0.2) is 6.61 Å². The van der Waals surface area contributed by atoms with Gasteiger partial charge in [-0.05, 0) is 25.0 Å². The largest absolute Gasteiger partial charge is 0.484 e. The quantitative estimate of drug-likeness (QED) is 0.483. The van der Waals surface area contributed by atoms with Crippen molar-refractivity contribution < 1.29 is 21.8 Å². The van der Waals surface area contributed by atoms with Crippen LogP contribution in [0.25, 0.3) is 0 Å². The predicted molar refractivity (Wildman–Crippen MR) is 108 cm³/mol. The molecule has 2 aromatic rings. The molecule has 0 aliphatic carbocycles. The van der Waals surface area contributed by atoms with Crippen molar-refractivity contribution in [3.05, 3.63) is 46.2 Å². The first-order chi connectivity index (χ1) is 13.0. The molecule has 1 unspecified atom stereocenters. The lowest BCUT2D eigenvalue weighted by atomic mass is 10.2. The summed E-state index contributed by atoms with van der Waals surface area (Å²) < 4.78 is 24.0. The Balaban J connectivity index is 1.65. The van der Waals surface area contributed by atoms with Crippen molar-refractivity contribution in [1.82, 2.24) is 15.6 Å². The van der Waals surface area contributed by atoms with Gasteiger partial charge < -0.3 is 18.4 Å². The molecule has 2 N–H and O–H groups in total. The van der Waals surface area contributed by atoms with Crippen molar-refractivity contribution in [2.75, 3.05) is 19.7 Å². The molecule has 0 spiro atoms. The molecule has 7 nitrogen and oxygen atoms in total. The van der Waals surface area contributed by atoms with Crippen LogP contribution in [0.2, 0.25) is 0 Å². The minimum Gasteiger partial charge on any atom is -0.484 e. The Kier molecular flexibility index (Phi) is 8.88. The molecule has 1 aromatic carbocycles. The Morgan fingerprint density at radius 3 is 2.85 bits per heavy atom. The van der Waals surface area contributed by atoms with E-state index >= 15 is 0 Å². The van der Waals surface area contributed by atoms with E-state index in [2.05, 4.69) is 15.6 Å². The second-order valence-electron chi connectivity index (χ2n) is 5.63. The fraction of sp³-hybridized carbons (Fsp3) is 0.353. The van der Waals surface area contributed by atoms with Crippen molar-refractivity contribution in [1.29, 1.82) is 0 Å². The number of thiazole rings is 1. The van der Waals surface area contributed by atoms with Crippen LogP contribution >= 0.6 is 34.3 Å². The summed E-state index contributed by atoms with van der Waals surface area (Å²) in [6, 6.07) is 4.44. The maximum Gasteiger partial charge on any atom is 0.270 e. The number of nitrogens with zero attached hydrogens (tertiary/aromatic N) is 1. The number of aryl methyl sites for hydroxylation is 1. The third-order valence-corrected chi connectivity index (χ3v) is 4.89. The van der Waals surface area contributed by atoms with Gasteiger partial charge >= 0.3 is 0 Å². The number of rotatable bonds is 10. The third-order valence-electron chi connectivity index (χ3n) is 3.58. The zero-order valence-electron chi connectivity index (χ0n) is 14.5. The van der Waals surface area contributed by atoms with Crippen LogP contribution in [-0.4, -0.2) is 42.6 Å². The van der Waals surface area contributed by atoms with Gasteiger partial charge in [-0.3, -0.25) is 9.59 Å². The summed E-state index contributed by atoms with van der Waals surface area (Å²) >= 11 is 3.10. The number of amides is 2. The first-order valence-corrected chi connectivity index (χ1v) is 9.91. The molecule has 2 rings (SSSR count). The number of halogens is 2. The average Bonchev–Trinajstić information content (AvgIpc) is 3.20. The molecule has 0 fully saturated rings. The topological polar surface area (TPSA) is 89.6 Å². The van der Waals surface area contributed by atoms with Crippen molar-refractivity contribution >= 4 is 46.2 Å². The van der Waals surface area contributed by atoms with E-state index < -0.39 is 0 Å². The molecule has 0 saturated carbocycles. The van der Waals surface area contributed by atoms with E-state index in [1.54, 1.807) is 53.0 Å². The van der Waals surface area contributed by atoms with E-state index in [9.17, 15) is 14.0 Å². The number of hydrogen-bond donors (Lipinski definition) is 2. The summed E-state index contributed by atoms with van der Waals surface area (Å²) in [5.41, 5.74) is 2.47. The smallest absolute Gasteiger partial charge is 0.270 e. The molecule has 0 aliphatic rings. The first-order valence-electron chi connectivity index (χ1n) is 8.09. The highest BCUT2D eigenvalue weighted by Crippen LogP contribution is 2.15. The monoisotopic (exact) mass is 507 g/mol. The maximum absolute atomic E-state index is 13.4. The van der Waals surface area contributed by atoms with Crippen molar-refractivity contribution in [3.8, 4) is 5.75 Å². The molecule has 0 aliphatic heterocycles. The van der Waals surface area contributed by atoms with Crippen molar-refractivity contribution in [2.24, 2.45) is 0 Å². The summed E-state index contributed by atoms with van der Waals surface area (Å²) in [5.74, 6) is -0.673. The second-order valence-corrected chi connectivity index (χ2v) is 6.86. The number of hydrogen-bond acceptors (Lipinski definition) is 6. The van der Waals surface area contributed by atoms with Crippen LogP contribution in [0, 0.1) is 12.7 Å². The minimum absolute atomic E-state index is 0.210. The zero-order chi connectivity index (χ0) is 19.6. The Hall–Kier alpha value is -1.79. The zero-order valence-corrected chi connectivity index (χ0v) is 17.5. The number of carbonyl (C=O) groups is 2. The van der Waals surface area contributed by atoms with Crippen molar-refractivity contribution in [2.45, 2.75) is 19.4 Å². The molecular formula is C17H19FIN3O4S. The lowest BCUT2D eigenvalue weighted by Crippen LogP contribution is -2.36. The number of nitrogens with one attached hydrogen (secondary N) is 2. The highest BCUT2D eigenvalue weighted by atomic mass is 127. The van der Waals surface area contributed by atoms with Crippen LogP contribution in [0.4, 0.5) is 4.39 Å². The Bertz CT molecular complexity index is 761. The maximum atomic E-state index is 13.4. The number of carbonyl (C=O) groups excluding carboxylic acids is 2. The third kappa shape index (κ3) is 7.39. The average molecular weight is 507 g/mol. The molecule has 27 heavy (non-hydrogen) atoms. The van der Waals surface area contributed by atoms with Gasteiger partial charge in [0.25, 0.3) is 11.8 Å². The van der Waals surface area contributed by atoms with Crippen molar-refractivity contribution in [3.63, 3.8) is 0 Å². The summed E-state index contributed by atoms with van der Waals surface area (Å²) in [6.45, 7) is 2.09.